The predicted octanol–water partition coefficient (Wildman–Crippen LogP) is 1.87. The number of aryl methyl sites for hydroxylation is 2. The molecule has 0 atom stereocenters. The van der Waals surface area contributed by atoms with Gasteiger partial charge in [-0.05, 0) is 31.0 Å². The fourth-order valence-corrected chi connectivity index (χ4v) is 2.06. The SMILES string of the molecule is Cc1cc(C)c(OCCC[NH+](C)C)c(Cl)c1. The summed E-state index contributed by atoms with van der Waals surface area (Å²) in [6, 6.07) is 4.04. The van der Waals surface area contributed by atoms with Crippen LogP contribution in [0.4, 0.5) is 0 Å². The summed E-state index contributed by atoms with van der Waals surface area (Å²) in [7, 11) is 4.29. The summed E-state index contributed by atoms with van der Waals surface area (Å²) in [5, 5.41) is 0.717. The van der Waals surface area contributed by atoms with E-state index in [4.69, 9.17) is 16.3 Å². The van der Waals surface area contributed by atoms with Crippen LogP contribution in [0.1, 0.15) is 17.5 Å². The van der Waals surface area contributed by atoms with Crippen LogP contribution >= 0.6 is 11.6 Å². The highest BCUT2D eigenvalue weighted by atomic mass is 35.5. The second-order valence-electron chi connectivity index (χ2n) is 4.55. The fraction of sp³-hybridized carbons (Fsp3) is 0.538. The molecule has 0 saturated carbocycles. The average Bonchev–Trinajstić information content (AvgIpc) is 2.14. The lowest BCUT2D eigenvalue weighted by molar-refractivity contribution is -0.858. The Labute approximate surface area is 103 Å². The molecule has 0 aliphatic heterocycles. The highest BCUT2D eigenvalue weighted by Crippen LogP contribution is 2.29. The molecular weight excluding hydrogens is 222 g/mol. The minimum absolute atomic E-state index is 0.717. The maximum absolute atomic E-state index is 6.15. The van der Waals surface area contributed by atoms with Gasteiger partial charge >= 0.3 is 0 Å². The number of hydrogen-bond acceptors (Lipinski definition) is 1. The fourth-order valence-electron chi connectivity index (χ4n) is 1.69. The summed E-state index contributed by atoms with van der Waals surface area (Å²) < 4.78 is 5.73. The van der Waals surface area contributed by atoms with E-state index in [0.717, 1.165) is 35.9 Å². The topological polar surface area (TPSA) is 13.7 Å². The number of ether oxygens (including phenoxy) is 1. The molecule has 0 spiro atoms. The molecule has 0 fully saturated rings. The van der Waals surface area contributed by atoms with Gasteiger partial charge in [-0.15, -0.1) is 0 Å². The van der Waals surface area contributed by atoms with Crippen molar-refractivity contribution in [2.75, 3.05) is 27.2 Å². The Hall–Kier alpha value is -0.730. The average molecular weight is 243 g/mol. The van der Waals surface area contributed by atoms with E-state index in [0.29, 0.717) is 0 Å². The van der Waals surface area contributed by atoms with Crippen molar-refractivity contribution in [3.05, 3.63) is 28.3 Å². The van der Waals surface area contributed by atoms with E-state index in [1.165, 1.54) is 10.5 Å². The third-order valence-electron chi connectivity index (χ3n) is 2.44. The summed E-state index contributed by atoms with van der Waals surface area (Å²) in [5.74, 6) is 0.834. The minimum atomic E-state index is 0.717. The van der Waals surface area contributed by atoms with Crippen LogP contribution in [0.15, 0.2) is 12.1 Å². The monoisotopic (exact) mass is 242 g/mol. The van der Waals surface area contributed by atoms with E-state index < -0.39 is 0 Å². The Morgan fingerprint density at radius 3 is 2.50 bits per heavy atom. The third kappa shape index (κ3) is 4.03. The van der Waals surface area contributed by atoms with Crippen LogP contribution < -0.4 is 9.64 Å². The molecule has 0 bridgehead atoms. The lowest BCUT2D eigenvalue weighted by atomic mass is 10.1. The summed E-state index contributed by atoms with van der Waals surface area (Å²) in [6.45, 7) is 5.92. The second kappa shape index (κ2) is 6.12. The summed E-state index contributed by atoms with van der Waals surface area (Å²) in [6.07, 6.45) is 1.05. The first-order chi connectivity index (χ1) is 7.50. The van der Waals surface area contributed by atoms with Crippen molar-refractivity contribution in [3.63, 3.8) is 0 Å². The Morgan fingerprint density at radius 1 is 1.25 bits per heavy atom. The predicted molar refractivity (Wildman–Crippen MR) is 68.7 cm³/mol. The molecule has 90 valence electrons. The van der Waals surface area contributed by atoms with Gasteiger partial charge in [0.25, 0.3) is 0 Å². The second-order valence-corrected chi connectivity index (χ2v) is 4.96. The van der Waals surface area contributed by atoms with E-state index >= 15 is 0 Å². The number of quaternary nitrogens is 1. The zero-order valence-corrected chi connectivity index (χ0v) is 11.3. The molecule has 0 heterocycles. The lowest BCUT2D eigenvalue weighted by Crippen LogP contribution is -3.05. The van der Waals surface area contributed by atoms with Crippen LogP contribution in [-0.2, 0) is 0 Å². The summed E-state index contributed by atoms with van der Waals surface area (Å²) in [5.41, 5.74) is 2.29. The highest BCUT2D eigenvalue weighted by molar-refractivity contribution is 6.32. The van der Waals surface area contributed by atoms with Gasteiger partial charge in [0, 0.05) is 6.42 Å². The van der Waals surface area contributed by atoms with Crippen LogP contribution in [0.25, 0.3) is 0 Å². The molecular formula is C13H21ClNO+. The molecule has 16 heavy (non-hydrogen) atoms. The first-order valence-electron chi connectivity index (χ1n) is 5.69. The standard InChI is InChI=1S/C13H20ClNO/c1-10-8-11(2)13(12(14)9-10)16-7-5-6-15(3)4/h8-9H,5-7H2,1-4H3/p+1. The molecule has 0 saturated heterocycles. The van der Waals surface area contributed by atoms with Crippen molar-refractivity contribution in [3.8, 4) is 5.75 Å². The summed E-state index contributed by atoms with van der Waals surface area (Å²) >= 11 is 6.15. The van der Waals surface area contributed by atoms with Gasteiger partial charge in [0.15, 0.2) is 0 Å². The molecule has 0 radical (unpaired) electrons. The smallest absolute Gasteiger partial charge is 0.140 e. The molecule has 0 aliphatic rings. The highest BCUT2D eigenvalue weighted by Gasteiger charge is 2.06. The van der Waals surface area contributed by atoms with E-state index in [2.05, 4.69) is 20.2 Å². The van der Waals surface area contributed by atoms with Gasteiger partial charge in [-0.25, -0.2) is 0 Å². The quantitative estimate of drug-likeness (QED) is 0.779. The zero-order valence-electron chi connectivity index (χ0n) is 10.6. The Kier molecular flexibility index (Phi) is 5.10. The van der Waals surface area contributed by atoms with Gasteiger partial charge in [0.2, 0.25) is 0 Å². The molecule has 1 rings (SSSR count). The molecule has 0 amide bonds. The summed E-state index contributed by atoms with van der Waals surface area (Å²) in [4.78, 5) is 1.44. The Balaban J connectivity index is 2.54. The van der Waals surface area contributed by atoms with Crippen molar-refractivity contribution in [2.24, 2.45) is 0 Å². The van der Waals surface area contributed by atoms with Crippen LogP contribution in [-0.4, -0.2) is 27.2 Å². The number of nitrogens with one attached hydrogen (secondary N) is 1. The van der Waals surface area contributed by atoms with Crippen LogP contribution in [0.3, 0.4) is 0 Å². The Morgan fingerprint density at radius 2 is 1.94 bits per heavy atom. The van der Waals surface area contributed by atoms with Gasteiger partial charge in [-0.2, -0.15) is 0 Å². The molecule has 3 heteroatoms. The van der Waals surface area contributed by atoms with Gasteiger partial charge in [-0.3, -0.25) is 0 Å². The van der Waals surface area contributed by atoms with E-state index in [-0.39, 0.29) is 0 Å². The molecule has 1 N–H and O–H groups in total. The van der Waals surface area contributed by atoms with Crippen LogP contribution in [0, 0.1) is 13.8 Å². The van der Waals surface area contributed by atoms with Crippen molar-refractivity contribution >= 4 is 11.6 Å². The van der Waals surface area contributed by atoms with Gasteiger partial charge in [0.05, 0.1) is 32.3 Å². The van der Waals surface area contributed by atoms with Crippen molar-refractivity contribution in [2.45, 2.75) is 20.3 Å². The van der Waals surface area contributed by atoms with Crippen LogP contribution in [0.2, 0.25) is 5.02 Å². The number of hydrogen-bond donors (Lipinski definition) is 1. The van der Waals surface area contributed by atoms with Gasteiger partial charge in [0.1, 0.15) is 5.75 Å². The Bertz CT molecular complexity index is 327. The van der Waals surface area contributed by atoms with Crippen molar-refractivity contribution in [1.29, 1.82) is 0 Å². The maximum Gasteiger partial charge on any atom is 0.140 e. The van der Waals surface area contributed by atoms with Crippen molar-refractivity contribution < 1.29 is 9.64 Å². The van der Waals surface area contributed by atoms with E-state index in [1.807, 2.05) is 19.9 Å². The van der Waals surface area contributed by atoms with Crippen molar-refractivity contribution in [1.82, 2.24) is 0 Å². The number of benzene rings is 1. The third-order valence-corrected chi connectivity index (χ3v) is 2.72. The first-order valence-corrected chi connectivity index (χ1v) is 6.07. The molecule has 1 aromatic carbocycles. The molecule has 2 nitrogen and oxygen atoms in total. The van der Waals surface area contributed by atoms with Gasteiger partial charge in [-0.1, -0.05) is 17.7 Å². The molecule has 0 aromatic heterocycles. The van der Waals surface area contributed by atoms with E-state index in [1.54, 1.807) is 0 Å². The van der Waals surface area contributed by atoms with Gasteiger partial charge < -0.3 is 9.64 Å². The lowest BCUT2D eigenvalue weighted by Gasteiger charge is -2.12. The number of halogens is 1. The largest absolute Gasteiger partial charge is 0.492 e. The molecule has 0 unspecified atom stereocenters. The normalized spacial score (nSPS) is 10.9. The first kappa shape index (κ1) is 13.3. The van der Waals surface area contributed by atoms with E-state index in [9.17, 15) is 0 Å². The number of rotatable bonds is 5. The van der Waals surface area contributed by atoms with Crippen LogP contribution in [0.5, 0.6) is 5.75 Å². The zero-order chi connectivity index (χ0) is 12.1. The molecule has 1 aromatic rings. The molecule has 0 aliphatic carbocycles. The minimum Gasteiger partial charge on any atom is -0.492 e. The maximum atomic E-state index is 6.15.